The molecule has 1 fully saturated rings. The first kappa shape index (κ1) is 11.4. The van der Waals surface area contributed by atoms with Crippen LogP contribution in [0.1, 0.15) is 24.8 Å². The predicted molar refractivity (Wildman–Crippen MR) is 68.1 cm³/mol. The molecule has 0 aromatic heterocycles. The molecule has 4 heteroatoms. The van der Waals surface area contributed by atoms with E-state index >= 15 is 0 Å². The van der Waals surface area contributed by atoms with E-state index < -0.39 is 0 Å². The molecular formula is C12H14BrN3. The minimum absolute atomic E-state index is 0.204. The summed E-state index contributed by atoms with van der Waals surface area (Å²) in [6.45, 7) is 0. The molecule has 3 N–H and O–H groups in total. The average molecular weight is 280 g/mol. The van der Waals surface area contributed by atoms with E-state index in [1.165, 1.54) is 0 Å². The quantitative estimate of drug-likeness (QED) is 0.875. The summed E-state index contributed by atoms with van der Waals surface area (Å²) in [5, 5.41) is 12.4. The van der Waals surface area contributed by atoms with Gasteiger partial charge in [0.2, 0.25) is 0 Å². The van der Waals surface area contributed by atoms with Crippen molar-refractivity contribution in [2.24, 2.45) is 5.73 Å². The monoisotopic (exact) mass is 279 g/mol. The van der Waals surface area contributed by atoms with Gasteiger partial charge in [-0.15, -0.1) is 0 Å². The van der Waals surface area contributed by atoms with E-state index in [0.29, 0.717) is 11.6 Å². The maximum Gasteiger partial charge on any atom is 0.101 e. The van der Waals surface area contributed by atoms with Crippen molar-refractivity contribution >= 4 is 21.6 Å². The number of nitrogens with zero attached hydrogens (tertiary/aromatic N) is 1. The van der Waals surface area contributed by atoms with Crippen LogP contribution < -0.4 is 11.1 Å². The fraction of sp³-hybridized carbons (Fsp3) is 0.417. The zero-order valence-electron chi connectivity index (χ0n) is 8.91. The number of anilines is 1. The smallest absolute Gasteiger partial charge is 0.101 e. The van der Waals surface area contributed by atoms with Gasteiger partial charge in [0.1, 0.15) is 6.07 Å². The lowest BCUT2D eigenvalue weighted by Gasteiger charge is -2.19. The minimum atomic E-state index is 0.204. The summed E-state index contributed by atoms with van der Waals surface area (Å²) in [5.74, 6) is 0. The van der Waals surface area contributed by atoms with Crippen molar-refractivity contribution in [3.05, 3.63) is 28.2 Å². The van der Waals surface area contributed by atoms with Crippen LogP contribution in [0.3, 0.4) is 0 Å². The second kappa shape index (κ2) is 4.86. The summed E-state index contributed by atoms with van der Waals surface area (Å²) in [6.07, 6.45) is 3.31. The van der Waals surface area contributed by atoms with E-state index in [-0.39, 0.29) is 6.04 Å². The summed E-state index contributed by atoms with van der Waals surface area (Å²) in [7, 11) is 0. The molecule has 1 aliphatic carbocycles. The Morgan fingerprint density at radius 1 is 1.44 bits per heavy atom. The molecule has 0 heterocycles. The molecule has 0 aliphatic heterocycles. The van der Waals surface area contributed by atoms with Crippen LogP contribution >= 0.6 is 15.9 Å². The number of hydrogen-bond acceptors (Lipinski definition) is 3. The van der Waals surface area contributed by atoms with Gasteiger partial charge in [-0.1, -0.05) is 15.9 Å². The summed E-state index contributed by atoms with van der Waals surface area (Å²) in [6, 6.07) is 8.38. The summed E-state index contributed by atoms with van der Waals surface area (Å²) in [5.41, 5.74) is 7.54. The van der Waals surface area contributed by atoms with E-state index in [4.69, 9.17) is 11.0 Å². The molecule has 2 unspecified atom stereocenters. The SMILES string of the molecule is N#Cc1cc(Br)ccc1NC1CCCC1N. The molecule has 0 bridgehead atoms. The van der Waals surface area contributed by atoms with Crippen LogP contribution in [0.5, 0.6) is 0 Å². The Kier molecular flexibility index (Phi) is 3.47. The van der Waals surface area contributed by atoms with Crippen LogP contribution in [-0.2, 0) is 0 Å². The zero-order chi connectivity index (χ0) is 11.5. The Bertz CT molecular complexity index is 425. The number of hydrogen-bond donors (Lipinski definition) is 2. The second-order valence-corrected chi connectivity index (χ2v) is 5.06. The van der Waals surface area contributed by atoms with Gasteiger partial charge in [-0.05, 0) is 37.5 Å². The van der Waals surface area contributed by atoms with Crippen LogP contribution in [0.4, 0.5) is 5.69 Å². The van der Waals surface area contributed by atoms with Crippen molar-refractivity contribution < 1.29 is 0 Å². The maximum absolute atomic E-state index is 9.04. The number of nitrogens with one attached hydrogen (secondary N) is 1. The van der Waals surface area contributed by atoms with Gasteiger partial charge < -0.3 is 11.1 Å². The number of rotatable bonds is 2. The molecule has 0 spiro atoms. The molecule has 1 saturated carbocycles. The largest absolute Gasteiger partial charge is 0.380 e. The van der Waals surface area contributed by atoms with Crippen LogP contribution in [0.2, 0.25) is 0 Å². The standard InChI is InChI=1S/C12H14BrN3/c13-9-4-5-11(8(6-9)7-14)16-12-3-1-2-10(12)15/h4-6,10,12,16H,1-3,15H2. The van der Waals surface area contributed by atoms with Crippen molar-refractivity contribution in [1.29, 1.82) is 5.26 Å². The topological polar surface area (TPSA) is 61.8 Å². The molecule has 0 radical (unpaired) electrons. The molecule has 16 heavy (non-hydrogen) atoms. The number of benzene rings is 1. The second-order valence-electron chi connectivity index (χ2n) is 4.15. The van der Waals surface area contributed by atoms with Crippen LogP contribution in [-0.4, -0.2) is 12.1 Å². The minimum Gasteiger partial charge on any atom is -0.380 e. The van der Waals surface area contributed by atoms with Gasteiger partial charge in [-0.3, -0.25) is 0 Å². The third kappa shape index (κ3) is 2.37. The van der Waals surface area contributed by atoms with Gasteiger partial charge in [-0.2, -0.15) is 5.26 Å². The van der Waals surface area contributed by atoms with E-state index in [0.717, 1.165) is 29.4 Å². The highest BCUT2D eigenvalue weighted by molar-refractivity contribution is 9.10. The normalized spacial score (nSPS) is 24.1. The summed E-state index contributed by atoms with van der Waals surface area (Å²) >= 11 is 3.36. The lowest BCUT2D eigenvalue weighted by Crippen LogP contribution is -2.35. The van der Waals surface area contributed by atoms with Crippen molar-refractivity contribution in [2.45, 2.75) is 31.3 Å². The lowest BCUT2D eigenvalue weighted by atomic mass is 10.1. The maximum atomic E-state index is 9.04. The first-order chi connectivity index (χ1) is 7.70. The molecule has 1 aliphatic rings. The molecule has 84 valence electrons. The molecule has 1 aromatic rings. The Hall–Kier alpha value is -1.05. The van der Waals surface area contributed by atoms with Crippen LogP contribution in [0.15, 0.2) is 22.7 Å². The first-order valence-electron chi connectivity index (χ1n) is 5.42. The Balaban J connectivity index is 2.18. The molecular weight excluding hydrogens is 266 g/mol. The molecule has 1 aromatic carbocycles. The Morgan fingerprint density at radius 2 is 2.25 bits per heavy atom. The fourth-order valence-corrected chi connectivity index (χ4v) is 2.46. The number of nitrogens with two attached hydrogens (primary N) is 1. The third-order valence-corrected chi connectivity index (χ3v) is 3.51. The number of halogens is 1. The molecule has 2 rings (SSSR count). The van der Waals surface area contributed by atoms with Crippen molar-refractivity contribution in [3.8, 4) is 6.07 Å². The summed E-state index contributed by atoms with van der Waals surface area (Å²) in [4.78, 5) is 0. The first-order valence-corrected chi connectivity index (χ1v) is 6.22. The number of nitriles is 1. The highest BCUT2D eigenvalue weighted by Gasteiger charge is 2.24. The third-order valence-electron chi connectivity index (χ3n) is 3.01. The molecule has 3 nitrogen and oxygen atoms in total. The lowest BCUT2D eigenvalue weighted by molar-refractivity contribution is 0.638. The van der Waals surface area contributed by atoms with Gasteiger partial charge in [0, 0.05) is 16.6 Å². The van der Waals surface area contributed by atoms with E-state index in [9.17, 15) is 0 Å². The Morgan fingerprint density at radius 3 is 2.88 bits per heavy atom. The van der Waals surface area contributed by atoms with Crippen LogP contribution in [0.25, 0.3) is 0 Å². The average Bonchev–Trinajstić information content (AvgIpc) is 2.67. The fourth-order valence-electron chi connectivity index (χ4n) is 2.10. The Labute approximate surface area is 104 Å². The van der Waals surface area contributed by atoms with Crippen molar-refractivity contribution in [2.75, 3.05) is 5.32 Å². The van der Waals surface area contributed by atoms with E-state index in [2.05, 4.69) is 27.3 Å². The molecule has 0 saturated heterocycles. The zero-order valence-corrected chi connectivity index (χ0v) is 10.5. The molecule has 2 atom stereocenters. The highest BCUT2D eigenvalue weighted by Crippen LogP contribution is 2.25. The van der Waals surface area contributed by atoms with Gasteiger partial charge in [-0.25, -0.2) is 0 Å². The van der Waals surface area contributed by atoms with Gasteiger partial charge in [0.05, 0.1) is 11.3 Å². The highest BCUT2D eigenvalue weighted by atomic mass is 79.9. The van der Waals surface area contributed by atoms with E-state index in [1.54, 1.807) is 0 Å². The predicted octanol–water partition coefficient (Wildman–Crippen LogP) is 2.61. The van der Waals surface area contributed by atoms with Crippen molar-refractivity contribution in [1.82, 2.24) is 0 Å². The molecule has 0 amide bonds. The van der Waals surface area contributed by atoms with Gasteiger partial charge in [0.25, 0.3) is 0 Å². The van der Waals surface area contributed by atoms with Gasteiger partial charge >= 0.3 is 0 Å². The van der Waals surface area contributed by atoms with Gasteiger partial charge in [0.15, 0.2) is 0 Å². The van der Waals surface area contributed by atoms with E-state index in [1.807, 2.05) is 18.2 Å². The summed E-state index contributed by atoms with van der Waals surface area (Å²) < 4.78 is 0.922. The van der Waals surface area contributed by atoms with Crippen molar-refractivity contribution in [3.63, 3.8) is 0 Å². The van der Waals surface area contributed by atoms with Crippen LogP contribution in [0, 0.1) is 11.3 Å².